The molecule has 0 unspecified atom stereocenters. The Hall–Kier alpha value is -2.10. The number of pyridine rings is 1. The lowest BCUT2D eigenvalue weighted by Gasteiger charge is -2.13. The normalized spacial score (nSPS) is 10.1. The van der Waals surface area contributed by atoms with Crippen molar-refractivity contribution in [2.75, 3.05) is 19.0 Å². The van der Waals surface area contributed by atoms with Crippen LogP contribution in [0.1, 0.15) is 0 Å². The van der Waals surface area contributed by atoms with Crippen LogP contribution in [0.25, 0.3) is 0 Å². The predicted octanol–water partition coefficient (Wildman–Crippen LogP) is 3.08. The van der Waals surface area contributed by atoms with Crippen molar-refractivity contribution in [1.29, 1.82) is 0 Å². The Morgan fingerprint density at radius 2 is 1.88 bits per heavy atom. The molecular weight excluding hydrogens is 219 g/mol. The van der Waals surface area contributed by atoms with Crippen molar-refractivity contribution >= 4 is 5.69 Å². The highest BCUT2D eigenvalue weighted by Crippen LogP contribution is 2.24. The van der Waals surface area contributed by atoms with Gasteiger partial charge in [0.25, 0.3) is 0 Å². The first-order valence-electron chi connectivity index (χ1n) is 5.22. The van der Waals surface area contributed by atoms with Crippen LogP contribution in [-0.4, -0.2) is 19.1 Å². The standard InChI is InChI=1S/C13H13FN2O/c1-16(2)10-4-3-5-11(8-10)17-12-6-7-15-13(14)9-12/h3-9H,1-2H3. The molecule has 0 aliphatic heterocycles. The maximum Gasteiger partial charge on any atom is 0.216 e. The van der Waals surface area contributed by atoms with Crippen molar-refractivity contribution in [3.8, 4) is 11.5 Å². The zero-order valence-electron chi connectivity index (χ0n) is 9.72. The van der Waals surface area contributed by atoms with Gasteiger partial charge in [-0.1, -0.05) is 6.07 Å². The second-order valence-electron chi connectivity index (χ2n) is 3.81. The summed E-state index contributed by atoms with van der Waals surface area (Å²) >= 11 is 0. The van der Waals surface area contributed by atoms with Crippen LogP contribution in [0, 0.1) is 5.95 Å². The Morgan fingerprint density at radius 3 is 2.59 bits per heavy atom. The maximum atomic E-state index is 12.9. The van der Waals surface area contributed by atoms with Crippen molar-refractivity contribution in [2.24, 2.45) is 0 Å². The van der Waals surface area contributed by atoms with Crippen molar-refractivity contribution < 1.29 is 9.13 Å². The minimum absolute atomic E-state index is 0.438. The van der Waals surface area contributed by atoms with Gasteiger partial charge in [0.2, 0.25) is 5.95 Å². The van der Waals surface area contributed by atoms with Crippen LogP contribution in [0.3, 0.4) is 0 Å². The molecule has 2 aromatic rings. The monoisotopic (exact) mass is 232 g/mol. The molecule has 0 spiro atoms. The quantitative estimate of drug-likeness (QED) is 0.760. The summed E-state index contributed by atoms with van der Waals surface area (Å²) in [4.78, 5) is 5.44. The van der Waals surface area contributed by atoms with Gasteiger partial charge >= 0.3 is 0 Å². The lowest BCUT2D eigenvalue weighted by atomic mass is 10.3. The van der Waals surface area contributed by atoms with Gasteiger partial charge in [0.05, 0.1) is 0 Å². The van der Waals surface area contributed by atoms with Gasteiger partial charge in [0, 0.05) is 38.1 Å². The van der Waals surface area contributed by atoms with Gasteiger partial charge in [0.1, 0.15) is 11.5 Å². The number of rotatable bonds is 3. The first-order valence-corrected chi connectivity index (χ1v) is 5.22. The average molecular weight is 232 g/mol. The molecule has 4 heteroatoms. The first kappa shape index (κ1) is 11.4. The molecule has 0 N–H and O–H groups in total. The van der Waals surface area contributed by atoms with Crippen molar-refractivity contribution in [3.05, 3.63) is 48.5 Å². The fourth-order valence-electron chi connectivity index (χ4n) is 1.41. The molecule has 17 heavy (non-hydrogen) atoms. The minimum Gasteiger partial charge on any atom is -0.457 e. The molecule has 0 radical (unpaired) electrons. The van der Waals surface area contributed by atoms with Crippen LogP contribution in [-0.2, 0) is 0 Å². The second kappa shape index (κ2) is 4.82. The lowest BCUT2D eigenvalue weighted by molar-refractivity contribution is 0.472. The molecule has 0 aliphatic rings. The molecular formula is C13H13FN2O. The van der Waals surface area contributed by atoms with Gasteiger partial charge in [-0.05, 0) is 18.2 Å². The van der Waals surface area contributed by atoms with Crippen LogP contribution < -0.4 is 9.64 Å². The maximum absolute atomic E-state index is 12.9. The van der Waals surface area contributed by atoms with Crippen LogP contribution in [0.5, 0.6) is 11.5 Å². The van der Waals surface area contributed by atoms with Crippen LogP contribution >= 0.6 is 0 Å². The van der Waals surface area contributed by atoms with E-state index in [2.05, 4.69) is 4.98 Å². The Morgan fingerprint density at radius 1 is 1.12 bits per heavy atom. The van der Waals surface area contributed by atoms with Gasteiger partial charge in [-0.2, -0.15) is 4.39 Å². The Labute approximate surface area is 99.5 Å². The smallest absolute Gasteiger partial charge is 0.216 e. The second-order valence-corrected chi connectivity index (χ2v) is 3.81. The molecule has 0 bridgehead atoms. The van der Waals surface area contributed by atoms with Gasteiger partial charge < -0.3 is 9.64 Å². The third kappa shape index (κ3) is 2.93. The van der Waals surface area contributed by atoms with Crippen molar-refractivity contribution in [1.82, 2.24) is 4.98 Å². The summed E-state index contributed by atoms with van der Waals surface area (Å²) in [6.07, 6.45) is 1.38. The topological polar surface area (TPSA) is 25.4 Å². The molecule has 0 saturated carbocycles. The predicted molar refractivity (Wildman–Crippen MR) is 65.0 cm³/mol. The Kier molecular flexibility index (Phi) is 3.23. The number of anilines is 1. The number of hydrogen-bond donors (Lipinski definition) is 0. The SMILES string of the molecule is CN(C)c1cccc(Oc2ccnc(F)c2)c1. The summed E-state index contributed by atoms with van der Waals surface area (Å²) in [6, 6.07) is 10.4. The van der Waals surface area contributed by atoms with E-state index in [0.29, 0.717) is 11.5 Å². The fourth-order valence-corrected chi connectivity index (χ4v) is 1.41. The molecule has 88 valence electrons. The van der Waals surface area contributed by atoms with Gasteiger partial charge in [-0.25, -0.2) is 4.98 Å². The Bertz CT molecular complexity index is 514. The van der Waals surface area contributed by atoms with Crippen molar-refractivity contribution in [3.63, 3.8) is 0 Å². The zero-order chi connectivity index (χ0) is 12.3. The van der Waals surface area contributed by atoms with Crippen LogP contribution in [0.4, 0.5) is 10.1 Å². The molecule has 0 fully saturated rings. The molecule has 1 aromatic carbocycles. The van der Waals surface area contributed by atoms with Crippen LogP contribution in [0.2, 0.25) is 0 Å². The van der Waals surface area contributed by atoms with E-state index < -0.39 is 5.95 Å². The number of nitrogens with zero attached hydrogens (tertiary/aromatic N) is 2. The summed E-state index contributed by atoms with van der Waals surface area (Å²) in [6.45, 7) is 0. The van der Waals surface area contributed by atoms with E-state index in [1.54, 1.807) is 6.07 Å². The van der Waals surface area contributed by atoms with Gasteiger partial charge in [-0.15, -0.1) is 0 Å². The number of aromatic nitrogens is 1. The third-order valence-corrected chi connectivity index (χ3v) is 2.27. The molecule has 3 nitrogen and oxygen atoms in total. The number of hydrogen-bond acceptors (Lipinski definition) is 3. The summed E-state index contributed by atoms with van der Waals surface area (Å²) in [5.41, 5.74) is 1.03. The summed E-state index contributed by atoms with van der Waals surface area (Å²) < 4.78 is 18.4. The third-order valence-electron chi connectivity index (χ3n) is 2.27. The van der Waals surface area contributed by atoms with E-state index in [1.165, 1.54) is 12.3 Å². The molecule has 2 rings (SSSR count). The van der Waals surface area contributed by atoms with E-state index in [0.717, 1.165) is 5.69 Å². The molecule has 0 saturated heterocycles. The molecule has 0 aliphatic carbocycles. The highest BCUT2D eigenvalue weighted by Gasteiger charge is 2.01. The number of benzene rings is 1. The summed E-state index contributed by atoms with van der Waals surface area (Å²) in [5.74, 6) is 0.557. The molecule has 0 amide bonds. The largest absolute Gasteiger partial charge is 0.457 e. The lowest BCUT2D eigenvalue weighted by Crippen LogP contribution is -2.08. The zero-order valence-corrected chi connectivity index (χ0v) is 9.72. The molecule has 1 heterocycles. The highest BCUT2D eigenvalue weighted by atomic mass is 19.1. The number of halogens is 1. The van der Waals surface area contributed by atoms with E-state index in [9.17, 15) is 4.39 Å². The molecule has 1 aromatic heterocycles. The summed E-state index contributed by atoms with van der Waals surface area (Å²) in [7, 11) is 3.90. The van der Waals surface area contributed by atoms with E-state index >= 15 is 0 Å². The fraction of sp³-hybridized carbons (Fsp3) is 0.154. The number of ether oxygens (including phenoxy) is 1. The van der Waals surface area contributed by atoms with Gasteiger partial charge in [0.15, 0.2) is 0 Å². The van der Waals surface area contributed by atoms with E-state index in [-0.39, 0.29) is 0 Å². The van der Waals surface area contributed by atoms with Gasteiger partial charge in [-0.3, -0.25) is 0 Å². The minimum atomic E-state index is -0.550. The van der Waals surface area contributed by atoms with Crippen molar-refractivity contribution in [2.45, 2.75) is 0 Å². The van der Waals surface area contributed by atoms with E-state index in [1.807, 2.05) is 43.3 Å². The first-order chi connectivity index (χ1) is 8.15. The average Bonchev–Trinajstić information content (AvgIpc) is 2.29. The molecule has 0 atom stereocenters. The van der Waals surface area contributed by atoms with E-state index in [4.69, 9.17) is 4.74 Å². The highest BCUT2D eigenvalue weighted by molar-refractivity contribution is 5.50. The summed E-state index contributed by atoms with van der Waals surface area (Å²) in [5, 5.41) is 0. The van der Waals surface area contributed by atoms with Crippen LogP contribution in [0.15, 0.2) is 42.6 Å². The Balaban J connectivity index is 2.21.